The Morgan fingerprint density at radius 2 is 0.512 bits per heavy atom. The summed E-state index contributed by atoms with van der Waals surface area (Å²) in [6.45, 7) is 14.2. The second-order valence-corrected chi connectivity index (χ2v) is 22.6. The van der Waals surface area contributed by atoms with E-state index in [9.17, 15) is 25.5 Å². The molecule has 8 aromatic rings. The summed E-state index contributed by atoms with van der Waals surface area (Å²) < 4.78 is 0. The van der Waals surface area contributed by atoms with Crippen molar-refractivity contribution in [2.24, 2.45) is 0 Å². The topological polar surface area (TPSA) is 246 Å². The predicted molar refractivity (Wildman–Crippen MR) is 346 cm³/mol. The van der Waals surface area contributed by atoms with Crippen molar-refractivity contribution in [3.8, 4) is 28.7 Å². The Balaban J connectivity index is 0.000000226. The molecule has 23 heteroatoms. The fraction of sp³-hybridized carbons (Fsp3) is 0.381. The van der Waals surface area contributed by atoms with Crippen molar-refractivity contribution in [2.45, 2.75) is 74.3 Å². The third kappa shape index (κ3) is 17.5. The maximum atomic E-state index is 10.2. The molecule has 0 amide bonds. The minimum atomic E-state index is 0.261. The zero-order valence-electron chi connectivity index (χ0n) is 53.4. The van der Waals surface area contributed by atoms with Crippen molar-refractivity contribution in [1.82, 2.24) is 44.9 Å². The third-order valence-corrected chi connectivity index (χ3v) is 13.8. The van der Waals surface area contributed by atoms with Crippen molar-refractivity contribution in [2.75, 3.05) is 136 Å². The van der Waals surface area contributed by atoms with Gasteiger partial charge in [-0.15, -0.1) is 0 Å². The fourth-order valence-electron chi connectivity index (χ4n) is 9.04. The molecule has 8 rings (SSSR count). The van der Waals surface area contributed by atoms with Crippen LogP contribution >= 0.6 is 0 Å². The minimum Gasteiger partial charge on any atom is -0.508 e. The molecule has 5 N–H and O–H groups in total. The molecule has 0 radical (unpaired) electrons. The van der Waals surface area contributed by atoms with E-state index in [0.717, 1.165) is 61.2 Å². The second-order valence-electron chi connectivity index (χ2n) is 22.6. The number of benzene rings is 5. The number of rotatable bonds is 19. The summed E-state index contributed by atoms with van der Waals surface area (Å²) in [5, 5.41) is 49.9. The molecule has 0 spiro atoms. The Labute approximate surface area is 506 Å². The maximum absolute atomic E-state index is 10.2. The first-order chi connectivity index (χ1) is 40.5. The molecule has 458 valence electrons. The first-order valence-electron chi connectivity index (χ1n) is 27.9. The zero-order valence-corrected chi connectivity index (χ0v) is 53.4. The van der Waals surface area contributed by atoms with Crippen LogP contribution in [0.1, 0.15) is 61.2 Å². The highest BCUT2D eigenvalue weighted by atomic mass is 16.3. The van der Waals surface area contributed by atoms with Gasteiger partial charge in [-0.05, 0) is 115 Å². The molecule has 86 heavy (non-hydrogen) atoms. The Morgan fingerprint density at radius 1 is 0.279 bits per heavy atom. The van der Waals surface area contributed by atoms with E-state index >= 15 is 0 Å². The van der Waals surface area contributed by atoms with Gasteiger partial charge in [0.25, 0.3) is 0 Å². The highest BCUT2D eigenvalue weighted by Crippen LogP contribution is 2.30. The van der Waals surface area contributed by atoms with E-state index in [1.54, 1.807) is 24.3 Å². The molecule has 0 unspecified atom stereocenters. The number of para-hydroxylation sites is 1. The summed E-state index contributed by atoms with van der Waals surface area (Å²) in [7, 11) is 24.8. The molecule has 0 aliphatic carbocycles. The maximum Gasteiger partial charge on any atom is 0.232 e. The Hall–Kier alpha value is -9.67. The van der Waals surface area contributed by atoms with Crippen molar-refractivity contribution in [3.05, 3.63) is 146 Å². The van der Waals surface area contributed by atoms with Crippen LogP contribution in [0.5, 0.6) is 28.7 Å². The van der Waals surface area contributed by atoms with Crippen LogP contribution in [0, 0.1) is 41.5 Å². The highest BCUT2D eigenvalue weighted by Gasteiger charge is 2.20. The van der Waals surface area contributed by atoms with Crippen molar-refractivity contribution < 1.29 is 25.5 Å². The minimum absolute atomic E-state index is 0.261. The van der Waals surface area contributed by atoms with Gasteiger partial charge in [-0.25, -0.2) is 0 Å². The average Bonchev–Trinajstić information content (AvgIpc) is 2.61. The normalized spacial score (nSPS) is 10.7. The molecule has 5 aromatic carbocycles. The van der Waals surface area contributed by atoms with Crippen LogP contribution < -0.4 is 44.1 Å². The number of hydrogen-bond donors (Lipinski definition) is 5. The lowest BCUT2D eigenvalue weighted by Crippen LogP contribution is -2.27. The third-order valence-electron chi connectivity index (χ3n) is 13.8. The first kappa shape index (κ1) is 65.5. The van der Waals surface area contributed by atoms with Gasteiger partial charge in [0.2, 0.25) is 53.5 Å². The van der Waals surface area contributed by atoms with E-state index in [0.29, 0.717) is 104 Å². The SMILES string of the molecule is CN(C)c1nc(N(C)C)nc(N(C)Cc2ccc(O)cc2)n1.CN(C)c1nc(N(C)C)nc(N(C)Cc2ccccc2O)n1.Cc1cc(CN(C)c2nc(N(C)Cc3cc(C)c(O)c(C)c3)nc(N(C)Cc3cc(C)c(O)c(C)c3)n2)cc(C)c1O. The van der Waals surface area contributed by atoms with Crippen LogP contribution in [0.2, 0.25) is 0 Å². The summed E-state index contributed by atoms with van der Waals surface area (Å²) >= 11 is 0. The number of anilines is 9. The van der Waals surface area contributed by atoms with Crippen molar-refractivity contribution in [1.29, 1.82) is 0 Å². The van der Waals surface area contributed by atoms with Crippen LogP contribution in [0.25, 0.3) is 0 Å². The Morgan fingerprint density at radius 3 is 0.779 bits per heavy atom. The average molecular weight is 1180 g/mol. The van der Waals surface area contributed by atoms with Crippen LogP contribution in [0.15, 0.2) is 84.9 Å². The lowest BCUT2D eigenvalue weighted by molar-refractivity contribution is 0.466. The molecule has 0 atom stereocenters. The molecule has 0 bridgehead atoms. The van der Waals surface area contributed by atoms with E-state index < -0.39 is 0 Å². The van der Waals surface area contributed by atoms with Gasteiger partial charge >= 0.3 is 0 Å². The number of aromatic hydroxyl groups is 5. The van der Waals surface area contributed by atoms with Crippen LogP contribution in [-0.4, -0.2) is 162 Å². The van der Waals surface area contributed by atoms with Gasteiger partial charge in [0.15, 0.2) is 0 Å². The summed E-state index contributed by atoms with van der Waals surface area (Å²) in [4.78, 5) is 58.4. The van der Waals surface area contributed by atoms with E-state index in [4.69, 9.17) is 15.0 Å². The predicted octanol–water partition coefficient (Wildman–Crippen LogP) is 8.44. The van der Waals surface area contributed by atoms with Crippen molar-refractivity contribution >= 4 is 53.5 Å². The Bertz CT molecular complexity index is 3260. The van der Waals surface area contributed by atoms with Gasteiger partial charge in [0.05, 0.1) is 0 Å². The van der Waals surface area contributed by atoms with Crippen LogP contribution in [0.4, 0.5) is 53.5 Å². The number of nitrogens with zero attached hydrogens (tertiary/aromatic N) is 18. The quantitative estimate of drug-likeness (QED) is 0.0510. The standard InChI is InChI=1S/C33H42N6O3.2C15H22N6O/c1-19-10-25(11-20(2)28(19)40)16-37(7)31-34-32(38(8)17-26-12-21(3)29(41)22(4)13-26)36-33(35-31)39(9)18-27-14-23(5)30(42)24(6)15-27;1-19(2)13-16-14(20(3)4)18-15(17-13)21(5)10-11-6-8-12(22)9-7-11;1-19(2)13-16-14(20(3)4)18-15(17-13)21(5)10-11-8-6-7-9-12(11)22/h10-15,40-42H,16-18H2,1-9H3;2*6-9,22H,10H2,1-5H3. The molecule has 3 heterocycles. The molecule has 0 fully saturated rings. The summed E-state index contributed by atoms with van der Waals surface area (Å²) in [6.07, 6.45) is 0. The molecular weight excluding hydrogens is 1090 g/mol. The smallest absolute Gasteiger partial charge is 0.232 e. The summed E-state index contributed by atoms with van der Waals surface area (Å²) in [5.74, 6) is 6.63. The monoisotopic (exact) mass is 1170 g/mol. The fourth-order valence-corrected chi connectivity index (χ4v) is 9.04. The van der Waals surface area contributed by atoms with Gasteiger partial charge in [0, 0.05) is 130 Å². The van der Waals surface area contributed by atoms with Gasteiger partial charge < -0.3 is 69.6 Å². The molecule has 0 saturated heterocycles. The van der Waals surface area contributed by atoms with E-state index in [1.807, 2.05) is 238 Å². The molecule has 3 aromatic heterocycles. The van der Waals surface area contributed by atoms with E-state index in [1.165, 1.54) is 0 Å². The zero-order chi connectivity index (χ0) is 63.4. The molecule has 23 nitrogen and oxygen atoms in total. The molecule has 0 aliphatic heterocycles. The number of hydrogen-bond acceptors (Lipinski definition) is 23. The van der Waals surface area contributed by atoms with E-state index in [-0.39, 0.29) is 11.5 Å². The molecule has 0 aliphatic rings. The highest BCUT2D eigenvalue weighted by molar-refractivity contribution is 5.52. The molecular formula is C63H86N18O5. The number of aryl methyl sites for hydroxylation is 6. The van der Waals surface area contributed by atoms with Gasteiger partial charge in [-0.1, -0.05) is 66.7 Å². The van der Waals surface area contributed by atoms with Gasteiger partial charge in [0.1, 0.15) is 28.7 Å². The number of phenols is 5. The number of aromatic nitrogens is 9. The summed E-state index contributed by atoms with van der Waals surface area (Å²) in [5.41, 5.74) is 9.98. The Kier molecular flexibility index (Phi) is 21.9. The van der Waals surface area contributed by atoms with Crippen molar-refractivity contribution in [3.63, 3.8) is 0 Å². The lowest BCUT2D eigenvalue weighted by atomic mass is 10.1. The second kappa shape index (κ2) is 28.7. The van der Waals surface area contributed by atoms with Crippen LogP contribution in [0.3, 0.4) is 0 Å². The number of phenolic OH excluding ortho intramolecular Hbond substituents is 5. The largest absolute Gasteiger partial charge is 0.508 e. The van der Waals surface area contributed by atoms with Gasteiger partial charge in [-0.2, -0.15) is 44.9 Å². The first-order valence-corrected chi connectivity index (χ1v) is 27.9. The van der Waals surface area contributed by atoms with E-state index in [2.05, 4.69) is 29.9 Å². The lowest BCUT2D eigenvalue weighted by Gasteiger charge is -2.25. The van der Waals surface area contributed by atoms with Crippen LogP contribution in [-0.2, 0) is 32.7 Å². The molecule has 0 saturated carbocycles. The summed E-state index contributed by atoms with van der Waals surface area (Å²) in [6, 6.07) is 26.2. The van der Waals surface area contributed by atoms with Gasteiger partial charge in [-0.3, -0.25) is 0 Å².